The van der Waals surface area contributed by atoms with E-state index in [1.807, 2.05) is 12.1 Å². The standard InChI is InChI=1S/C16H24N2O3/c19-14-7-3-12(4-8-14)2-1-11-17-16(21)18-13-5-9-15(20)10-6-13/h3-4,7-8,13,15,19-20H,1-2,5-6,9-11H2,(H2,17,18,21). The lowest BCUT2D eigenvalue weighted by atomic mass is 9.93. The highest BCUT2D eigenvalue weighted by molar-refractivity contribution is 5.74. The first-order valence-electron chi connectivity index (χ1n) is 7.64. The molecule has 1 aromatic carbocycles. The minimum Gasteiger partial charge on any atom is -0.508 e. The second kappa shape index (κ2) is 7.88. The maximum Gasteiger partial charge on any atom is 0.315 e. The van der Waals surface area contributed by atoms with E-state index >= 15 is 0 Å². The van der Waals surface area contributed by atoms with E-state index in [4.69, 9.17) is 0 Å². The first kappa shape index (κ1) is 15.6. The first-order valence-corrected chi connectivity index (χ1v) is 7.64. The minimum absolute atomic E-state index is 0.123. The van der Waals surface area contributed by atoms with Crippen molar-refractivity contribution in [3.63, 3.8) is 0 Å². The average molecular weight is 292 g/mol. The van der Waals surface area contributed by atoms with Gasteiger partial charge >= 0.3 is 6.03 Å². The molecule has 1 aliphatic carbocycles. The van der Waals surface area contributed by atoms with Crippen LogP contribution >= 0.6 is 0 Å². The van der Waals surface area contributed by atoms with Crippen LogP contribution in [0.5, 0.6) is 5.75 Å². The van der Waals surface area contributed by atoms with E-state index in [0.717, 1.165) is 44.1 Å². The number of aliphatic hydroxyl groups is 1. The summed E-state index contributed by atoms with van der Waals surface area (Å²) in [4.78, 5) is 11.7. The third kappa shape index (κ3) is 5.63. The number of aryl methyl sites for hydroxylation is 1. The van der Waals surface area contributed by atoms with E-state index in [0.29, 0.717) is 6.54 Å². The molecule has 2 amide bonds. The summed E-state index contributed by atoms with van der Waals surface area (Å²) in [5.74, 6) is 0.272. The number of urea groups is 1. The summed E-state index contributed by atoms with van der Waals surface area (Å²) in [6, 6.07) is 7.19. The summed E-state index contributed by atoms with van der Waals surface area (Å²) in [6.45, 7) is 0.627. The molecule has 0 radical (unpaired) electrons. The highest BCUT2D eigenvalue weighted by atomic mass is 16.3. The van der Waals surface area contributed by atoms with Crippen LogP contribution in [0.4, 0.5) is 4.79 Å². The second-order valence-corrected chi connectivity index (χ2v) is 5.68. The summed E-state index contributed by atoms with van der Waals surface area (Å²) in [6.07, 6.45) is 4.77. The van der Waals surface area contributed by atoms with Crippen molar-refractivity contribution >= 4 is 6.03 Å². The maximum absolute atomic E-state index is 11.7. The Morgan fingerprint density at radius 1 is 1.14 bits per heavy atom. The molecule has 116 valence electrons. The number of hydrogen-bond acceptors (Lipinski definition) is 3. The average Bonchev–Trinajstić information content (AvgIpc) is 2.48. The number of phenols is 1. The van der Waals surface area contributed by atoms with Crippen molar-refractivity contribution in [3.8, 4) is 5.75 Å². The normalized spacial score (nSPS) is 21.8. The molecule has 5 heteroatoms. The molecule has 0 heterocycles. The Morgan fingerprint density at radius 2 is 1.81 bits per heavy atom. The number of aromatic hydroxyl groups is 1. The number of amides is 2. The van der Waals surface area contributed by atoms with Crippen molar-refractivity contribution in [3.05, 3.63) is 29.8 Å². The van der Waals surface area contributed by atoms with E-state index in [-0.39, 0.29) is 23.9 Å². The zero-order valence-corrected chi connectivity index (χ0v) is 12.2. The molecule has 21 heavy (non-hydrogen) atoms. The van der Waals surface area contributed by atoms with Crippen LogP contribution in [0.3, 0.4) is 0 Å². The van der Waals surface area contributed by atoms with Gasteiger partial charge in [-0.25, -0.2) is 4.79 Å². The Kier molecular flexibility index (Phi) is 5.87. The lowest BCUT2D eigenvalue weighted by Gasteiger charge is -2.26. The van der Waals surface area contributed by atoms with Crippen LogP contribution in [0.1, 0.15) is 37.7 Å². The SMILES string of the molecule is O=C(NCCCc1ccc(O)cc1)NC1CCC(O)CC1. The quantitative estimate of drug-likeness (QED) is 0.626. The molecule has 0 aromatic heterocycles. The van der Waals surface area contributed by atoms with Crippen LogP contribution in [0.2, 0.25) is 0 Å². The van der Waals surface area contributed by atoms with Crippen molar-refractivity contribution in [1.29, 1.82) is 0 Å². The van der Waals surface area contributed by atoms with Crippen LogP contribution in [-0.4, -0.2) is 34.9 Å². The number of hydrogen-bond donors (Lipinski definition) is 4. The first-order chi connectivity index (χ1) is 10.1. The van der Waals surface area contributed by atoms with Gasteiger partial charge in [-0.15, -0.1) is 0 Å². The Hall–Kier alpha value is -1.75. The van der Waals surface area contributed by atoms with Crippen LogP contribution in [0, 0.1) is 0 Å². The molecule has 1 aromatic rings. The lowest BCUT2D eigenvalue weighted by Crippen LogP contribution is -2.44. The second-order valence-electron chi connectivity index (χ2n) is 5.68. The molecule has 0 unspecified atom stereocenters. The number of benzene rings is 1. The molecule has 0 atom stereocenters. The van der Waals surface area contributed by atoms with Crippen LogP contribution < -0.4 is 10.6 Å². The molecule has 5 nitrogen and oxygen atoms in total. The molecule has 1 fully saturated rings. The molecular weight excluding hydrogens is 268 g/mol. The van der Waals surface area contributed by atoms with Gasteiger partial charge in [0.1, 0.15) is 5.75 Å². The fourth-order valence-corrected chi connectivity index (χ4v) is 2.61. The third-order valence-corrected chi connectivity index (χ3v) is 3.90. The maximum atomic E-state index is 11.7. The fourth-order valence-electron chi connectivity index (χ4n) is 2.61. The van der Waals surface area contributed by atoms with Crippen LogP contribution in [0.25, 0.3) is 0 Å². The van der Waals surface area contributed by atoms with Crippen molar-refractivity contribution < 1.29 is 15.0 Å². The topological polar surface area (TPSA) is 81.6 Å². The van der Waals surface area contributed by atoms with Gasteiger partial charge in [0.15, 0.2) is 0 Å². The zero-order chi connectivity index (χ0) is 15.1. The molecule has 1 saturated carbocycles. The molecule has 2 rings (SSSR count). The molecule has 1 aliphatic rings. The fraction of sp³-hybridized carbons (Fsp3) is 0.562. The van der Waals surface area contributed by atoms with Gasteiger partial charge in [-0.1, -0.05) is 12.1 Å². The number of aliphatic hydroxyl groups excluding tert-OH is 1. The smallest absolute Gasteiger partial charge is 0.315 e. The highest BCUT2D eigenvalue weighted by Gasteiger charge is 2.20. The number of nitrogens with one attached hydrogen (secondary N) is 2. The van der Waals surface area contributed by atoms with Crippen molar-refractivity contribution in [2.24, 2.45) is 0 Å². The van der Waals surface area contributed by atoms with Gasteiger partial charge < -0.3 is 20.8 Å². The summed E-state index contributed by atoms with van der Waals surface area (Å²) in [7, 11) is 0. The van der Waals surface area contributed by atoms with Crippen LogP contribution in [0.15, 0.2) is 24.3 Å². The van der Waals surface area contributed by atoms with E-state index in [1.165, 1.54) is 0 Å². The van der Waals surface area contributed by atoms with Crippen molar-refractivity contribution in [2.75, 3.05) is 6.54 Å². The summed E-state index contributed by atoms with van der Waals surface area (Å²) in [5, 5.41) is 24.4. The van der Waals surface area contributed by atoms with Gasteiger partial charge in [0.2, 0.25) is 0 Å². The minimum atomic E-state index is -0.198. The number of phenolic OH excluding ortho intramolecular Hbond substituents is 1. The van der Waals surface area contributed by atoms with E-state index < -0.39 is 0 Å². The van der Waals surface area contributed by atoms with E-state index in [1.54, 1.807) is 12.1 Å². The monoisotopic (exact) mass is 292 g/mol. The highest BCUT2D eigenvalue weighted by Crippen LogP contribution is 2.18. The van der Waals surface area contributed by atoms with Gasteiger partial charge in [0, 0.05) is 12.6 Å². The molecule has 0 saturated heterocycles. The lowest BCUT2D eigenvalue weighted by molar-refractivity contribution is 0.117. The van der Waals surface area contributed by atoms with Gasteiger partial charge in [0.25, 0.3) is 0 Å². The van der Waals surface area contributed by atoms with Gasteiger partial charge in [0.05, 0.1) is 6.10 Å². The predicted octanol–water partition coefficient (Wildman–Crippen LogP) is 1.93. The largest absolute Gasteiger partial charge is 0.508 e. The summed E-state index contributed by atoms with van der Waals surface area (Å²) < 4.78 is 0. The molecular formula is C16H24N2O3. The summed E-state index contributed by atoms with van der Waals surface area (Å²) >= 11 is 0. The Labute approximate surface area is 125 Å². The third-order valence-electron chi connectivity index (χ3n) is 3.90. The Morgan fingerprint density at radius 3 is 2.48 bits per heavy atom. The number of carbonyl (C=O) groups is 1. The predicted molar refractivity (Wildman–Crippen MR) is 81.2 cm³/mol. The molecule has 0 bridgehead atoms. The molecule has 0 spiro atoms. The Bertz CT molecular complexity index is 439. The van der Waals surface area contributed by atoms with Crippen molar-refractivity contribution in [1.82, 2.24) is 10.6 Å². The zero-order valence-electron chi connectivity index (χ0n) is 12.2. The number of carbonyl (C=O) groups excluding carboxylic acids is 1. The van der Waals surface area contributed by atoms with E-state index in [2.05, 4.69) is 10.6 Å². The Balaban J connectivity index is 1.58. The number of rotatable bonds is 5. The summed E-state index contributed by atoms with van der Waals surface area (Å²) in [5.41, 5.74) is 1.15. The van der Waals surface area contributed by atoms with Gasteiger partial charge in [-0.3, -0.25) is 0 Å². The molecule has 4 N–H and O–H groups in total. The van der Waals surface area contributed by atoms with Gasteiger partial charge in [-0.2, -0.15) is 0 Å². The molecule has 0 aliphatic heterocycles. The van der Waals surface area contributed by atoms with E-state index in [9.17, 15) is 15.0 Å². The van der Waals surface area contributed by atoms with Gasteiger partial charge in [-0.05, 0) is 56.2 Å². The van der Waals surface area contributed by atoms with Crippen molar-refractivity contribution in [2.45, 2.75) is 50.7 Å². The van der Waals surface area contributed by atoms with Crippen LogP contribution in [-0.2, 0) is 6.42 Å².